The maximum Gasteiger partial charge on any atom is 0.259 e. The van der Waals surface area contributed by atoms with E-state index in [0.29, 0.717) is 0 Å². The average molecular weight is 297 g/mol. The van der Waals surface area contributed by atoms with Crippen molar-refractivity contribution in [3.8, 4) is 5.75 Å². The molecule has 0 saturated heterocycles. The van der Waals surface area contributed by atoms with Crippen molar-refractivity contribution in [1.29, 1.82) is 0 Å². The van der Waals surface area contributed by atoms with Gasteiger partial charge in [-0.3, -0.25) is 4.79 Å². The molecule has 2 aromatic carbocycles. The van der Waals surface area contributed by atoms with Gasteiger partial charge in [-0.1, -0.05) is 29.8 Å². The van der Waals surface area contributed by atoms with Crippen molar-refractivity contribution in [2.75, 3.05) is 19.0 Å². The van der Waals surface area contributed by atoms with E-state index in [1.165, 1.54) is 5.56 Å². The molecule has 0 fully saturated rings. The number of hydrogen-bond acceptors (Lipinski definition) is 4. The summed E-state index contributed by atoms with van der Waals surface area (Å²) in [5, 5.41) is 6.94. The van der Waals surface area contributed by atoms with Gasteiger partial charge < -0.3 is 10.1 Å². The number of aryl methyl sites for hydroxylation is 1. The third kappa shape index (κ3) is 4.94. The molecule has 2 N–H and O–H groups in total. The van der Waals surface area contributed by atoms with Gasteiger partial charge in [-0.15, -0.1) is 0 Å². The molecule has 0 saturated carbocycles. The molecule has 0 unspecified atom stereocenters. The number of carbonyl (C=O) groups excluding carboxylic acids is 1. The normalized spacial score (nSPS) is 10.5. The summed E-state index contributed by atoms with van der Waals surface area (Å²) in [5.74, 6) is 0.567. The number of anilines is 1. The van der Waals surface area contributed by atoms with Crippen LogP contribution >= 0.6 is 0 Å². The van der Waals surface area contributed by atoms with E-state index < -0.39 is 0 Å². The lowest BCUT2D eigenvalue weighted by atomic mass is 10.2. The standard InChI is InChI=1S/C17H19N3O2/c1-13-3-5-14(6-4-13)11-19-20-17(21)12-18-15-7-9-16(22-2)10-8-15/h3-11,18H,12H2,1-2H3,(H,20,21)/b19-11+. The zero-order valence-electron chi connectivity index (χ0n) is 12.7. The number of methoxy groups -OCH3 is 1. The second kappa shape index (κ2) is 7.83. The first kappa shape index (κ1) is 15.6. The minimum absolute atomic E-state index is 0.150. The molecule has 2 rings (SSSR count). The largest absolute Gasteiger partial charge is 0.497 e. The second-order valence-corrected chi connectivity index (χ2v) is 4.79. The molecular weight excluding hydrogens is 278 g/mol. The monoisotopic (exact) mass is 297 g/mol. The number of hydrazone groups is 1. The van der Waals surface area contributed by atoms with Crippen molar-refractivity contribution in [2.24, 2.45) is 5.10 Å². The topological polar surface area (TPSA) is 62.7 Å². The summed E-state index contributed by atoms with van der Waals surface area (Å²) in [5.41, 5.74) is 5.45. The molecule has 0 atom stereocenters. The summed E-state index contributed by atoms with van der Waals surface area (Å²) >= 11 is 0. The van der Waals surface area contributed by atoms with Crippen LogP contribution < -0.4 is 15.5 Å². The molecule has 0 spiro atoms. The molecule has 0 aliphatic heterocycles. The van der Waals surface area contributed by atoms with Gasteiger partial charge in [0.1, 0.15) is 5.75 Å². The van der Waals surface area contributed by atoms with Gasteiger partial charge in [-0.25, -0.2) is 5.43 Å². The Bertz CT molecular complexity index is 634. The molecule has 0 aromatic heterocycles. The predicted octanol–water partition coefficient (Wildman–Crippen LogP) is 2.57. The lowest BCUT2D eigenvalue weighted by molar-refractivity contribution is -0.119. The molecule has 114 valence electrons. The lowest BCUT2D eigenvalue weighted by Crippen LogP contribution is -2.25. The van der Waals surface area contributed by atoms with Crippen molar-refractivity contribution < 1.29 is 9.53 Å². The molecule has 1 amide bonds. The molecule has 22 heavy (non-hydrogen) atoms. The van der Waals surface area contributed by atoms with E-state index in [0.717, 1.165) is 17.0 Å². The van der Waals surface area contributed by atoms with Gasteiger partial charge in [-0.2, -0.15) is 5.10 Å². The number of carbonyl (C=O) groups is 1. The number of benzene rings is 2. The fourth-order valence-corrected chi connectivity index (χ4v) is 1.76. The van der Waals surface area contributed by atoms with Crippen LogP contribution in [0.3, 0.4) is 0 Å². The Hall–Kier alpha value is -2.82. The number of nitrogens with one attached hydrogen (secondary N) is 2. The summed E-state index contributed by atoms with van der Waals surface area (Å²) in [4.78, 5) is 11.7. The molecule has 5 heteroatoms. The van der Waals surface area contributed by atoms with Crippen molar-refractivity contribution in [3.63, 3.8) is 0 Å². The van der Waals surface area contributed by atoms with E-state index in [9.17, 15) is 4.79 Å². The van der Waals surface area contributed by atoms with Crippen LogP contribution in [0.25, 0.3) is 0 Å². The highest BCUT2D eigenvalue weighted by Gasteiger charge is 1.99. The van der Waals surface area contributed by atoms with Crippen LogP contribution in [0.15, 0.2) is 53.6 Å². The van der Waals surface area contributed by atoms with Gasteiger partial charge >= 0.3 is 0 Å². The summed E-state index contributed by atoms with van der Waals surface area (Å²) in [6, 6.07) is 15.2. The Morgan fingerprint density at radius 1 is 1.14 bits per heavy atom. The van der Waals surface area contributed by atoms with E-state index in [1.807, 2.05) is 55.5 Å². The zero-order valence-corrected chi connectivity index (χ0v) is 12.7. The van der Waals surface area contributed by atoms with E-state index in [2.05, 4.69) is 15.8 Å². The molecular formula is C17H19N3O2. The SMILES string of the molecule is COc1ccc(NCC(=O)N/N=C/c2ccc(C)cc2)cc1. The minimum Gasteiger partial charge on any atom is -0.497 e. The van der Waals surface area contributed by atoms with E-state index in [-0.39, 0.29) is 12.5 Å². The molecule has 0 radical (unpaired) electrons. The minimum atomic E-state index is -0.209. The lowest BCUT2D eigenvalue weighted by Gasteiger charge is -2.06. The molecule has 5 nitrogen and oxygen atoms in total. The number of nitrogens with zero attached hydrogens (tertiary/aromatic N) is 1. The quantitative estimate of drug-likeness (QED) is 0.636. The Morgan fingerprint density at radius 3 is 2.45 bits per heavy atom. The smallest absolute Gasteiger partial charge is 0.259 e. The van der Waals surface area contributed by atoms with Crippen molar-refractivity contribution >= 4 is 17.8 Å². The van der Waals surface area contributed by atoms with E-state index >= 15 is 0 Å². The van der Waals surface area contributed by atoms with Gasteiger partial charge in [0.15, 0.2) is 0 Å². The summed E-state index contributed by atoms with van der Waals surface area (Å²) in [7, 11) is 1.61. The van der Waals surface area contributed by atoms with Crippen LogP contribution in [0.5, 0.6) is 5.75 Å². The van der Waals surface area contributed by atoms with E-state index in [4.69, 9.17) is 4.74 Å². The van der Waals surface area contributed by atoms with Crippen LogP contribution in [0.1, 0.15) is 11.1 Å². The van der Waals surface area contributed by atoms with Crippen LogP contribution in [-0.2, 0) is 4.79 Å². The maximum absolute atomic E-state index is 11.7. The van der Waals surface area contributed by atoms with Crippen LogP contribution in [0, 0.1) is 6.92 Å². The second-order valence-electron chi connectivity index (χ2n) is 4.79. The average Bonchev–Trinajstić information content (AvgIpc) is 2.55. The first-order valence-electron chi connectivity index (χ1n) is 6.94. The van der Waals surface area contributed by atoms with Crippen molar-refractivity contribution in [2.45, 2.75) is 6.92 Å². The molecule has 0 aliphatic carbocycles. The first-order valence-corrected chi connectivity index (χ1v) is 6.94. The predicted molar refractivity (Wildman–Crippen MR) is 88.4 cm³/mol. The van der Waals surface area contributed by atoms with Crippen LogP contribution in [-0.4, -0.2) is 25.8 Å². The Labute approximate surface area is 130 Å². The zero-order chi connectivity index (χ0) is 15.8. The van der Waals surface area contributed by atoms with Crippen molar-refractivity contribution in [3.05, 3.63) is 59.7 Å². The highest BCUT2D eigenvalue weighted by molar-refractivity contribution is 5.84. The highest BCUT2D eigenvalue weighted by atomic mass is 16.5. The fourth-order valence-electron chi connectivity index (χ4n) is 1.76. The highest BCUT2D eigenvalue weighted by Crippen LogP contribution is 2.14. The van der Waals surface area contributed by atoms with Gasteiger partial charge in [0, 0.05) is 5.69 Å². The number of amides is 1. The Morgan fingerprint density at radius 2 is 1.82 bits per heavy atom. The van der Waals surface area contributed by atoms with Crippen molar-refractivity contribution in [1.82, 2.24) is 5.43 Å². The third-order valence-corrected chi connectivity index (χ3v) is 3.02. The Balaban J connectivity index is 1.76. The molecule has 0 aliphatic rings. The summed E-state index contributed by atoms with van der Waals surface area (Å²) in [6.45, 7) is 2.17. The maximum atomic E-state index is 11.7. The van der Waals surface area contributed by atoms with Gasteiger partial charge in [0.2, 0.25) is 0 Å². The number of rotatable bonds is 6. The Kier molecular flexibility index (Phi) is 5.54. The van der Waals surface area contributed by atoms with Crippen LogP contribution in [0.2, 0.25) is 0 Å². The number of hydrogen-bond donors (Lipinski definition) is 2. The third-order valence-electron chi connectivity index (χ3n) is 3.02. The molecule has 2 aromatic rings. The van der Waals surface area contributed by atoms with Gasteiger partial charge in [0.05, 0.1) is 19.9 Å². The number of ether oxygens (including phenoxy) is 1. The van der Waals surface area contributed by atoms with E-state index in [1.54, 1.807) is 13.3 Å². The van der Waals surface area contributed by atoms with Gasteiger partial charge in [-0.05, 0) is 36.8 Å². The fraction of sp³-hybridized carbons (Fsp3) is 0.176. The summed E-state index contributed by atoms with van der Waals surface area (Å²) in [6.07, 6.45) is 1.62. The van der Waals surface area contributed by atoms with Crippen LogP contribution in [0.4, 0.5) is 5.69 Å². The first-order chi connectivity index (χ1) is 10.7. The molecule has 0 bridgehead atoms. The molecule has 0 heterocycles. The summed E-state index contributed by atoms with van der Waals surface area (Å²) < 4.78 is 5.07. The van der Waals surface area contributed by atoms with Gasteiger partial charge in [0.25, 0.3) is 5.91 Å².